The summed E-state index contributed by atoms with van der Waals surface area (Å²) in [4.78, 5) is 37.6. The molecule has 2 amide bonds. The van der Waals surface area contributed by atoms with Crippen molar-refractivity contribution in [2.24, 2.45) is 5.92 Å². The summed E-state index contributed by atoms with van der Waals surface area (Å²) >= 11 is 0. The summed E-state index contributed by atoms with van der Waals surface area (Å²) in [7, 11) is 0. The lowest BCUT2D eigenvalue weighted by Crippen LogP contribution is -2.43. The van der Waals surface area contributed by atoms with Crippen molar-refractivity contribution >= 4 is 29.2 Å². The summed E-state index contributed by atoms with van der Waals surface area (Å²) in [6.07, 6.45) is 1.70. The molecule has 2 N–H and O–H groups in total. The molecule has 1 aromatic rings. The Hall–Kier alpha value is -2.57. The number of hydrogen-bond donors (Lipinski definition) is 2. The second kappa shape index (κ2) is 9.94. The number of anilines is 2. The van der Waals surface area contributed by atoms with Crippen LogP contribution in [0.25, 0.3) is 0 Å². The number of piperidine rings is 1. The minimum Gasteiger partial charge on any atom is -0.466 e. The zero-order chi connectivity index (χ0) is 19.8. The topological polar surface area (TPSA) is 87.7 Å². The van der Waals surface area contributed by atoms with Crippen LogP contribution in [0.3, 0.4) is 0 Å². The van der Waals surface area contributed by atoms with Crippen LogP contribution in [0.1, 0.15) is 38.7 Å². The zero-order valence-electron chi connectivity index (χ0n) is 16.3. The van der Waals surface area contributed by atoms with Gasteiger partial charge in [-0.05, 0) is 44.4 Å². The van der Waals surface area contributed by atoms with E-state index in [1.165, 1.54) is 0 Å². The lowest BCUT2D eigenvalue weighted by molar-refractivity contribution is -0.151. The molecule has 148 valence electrons. The van der Waals surface area contributed by atoms with Crippen LogP contribution >= 0.6 is 0 Å². The molecular weight excluding hydrogens is 346 g/mol. The zero-order valence-corrected chi connectivity index (χ0v) is 16.3. The van der Waals surface area contributed by atoms with Crippen LogP contribution in [0.5, 0.6) is 0 Å². The normalized spacial score (nSPS) is 14.6. The van der Waals surface area contributed by atoms with Crippen molar-refractivity contribution in [2.45, 2.75) is 40.0 Å². The fraction of sp³-hybridized carbons (Fsp3) is 0.550. The standard InChI is InChI=1S/C20H29N3O4/c1-4-18(24)22-17-12-16(7-6-14(17)3)21-13-19(25)23-10-8-15(9-11-23)20(26)27-5-2/h6-7,12,15,21H,4-5,8-11,13H2,1-3H3,(H,22,24). The minimum atomic E-state index is -0.163. The van der Waals surface area contributed by atoms with Gasteiger partial charge in [-0.25, -0.2) is 0 Å². The van der Waals surface area contributed by atoms with Gasteiger partial charge < -0.3 is 20.3 Å². The first-order valence-electron chi connectivity index (χ1n) is 9.53. The van der Waals surface area contributed by atoms with Gasteiger partial charge in [0.25, 0.3) is 0 Å². The van der Waals surface area contributed by atoms with Crippen molar-refractivity contribution in [1.29, 1.82) is 0 Å². The fourth-order valence-corrected chi connectivity index (χ4v) is 3.02. The number of nitrogens with zero attached hydrogens (tertiary/aromatic N) is 1. The Morgan fingerprint density at radius 3 is 2.52 bits per heavy atom. The Morgan fingerprint density at radius 1 is 1.19 bits per heavy atom. The van der Waals surface area contributed by atoms with E-state index in [0.29, 0.717) is 39.0 Å². The monoisotopic (exact) mass is 375 g/mol. The number of carbonyl (C=O) groups excluding carboxylic acids is 3. The molecule has 0 atom stereocenters. The molecule has 0 saturated carbocycles. The summed E-state index contributed by atoms with van der Waals surface area (Å²) in [5.41, 5.74) is 2.49. The van der Waals surface area contributed by atoms with Crippen molar-refractivity contribution in [1.82, 2.24) is 4.90 Å². The highest BCUT2D eigenvalue weighted by atomic mass is 16.5. The molecule has 1 aromatic carbocycles. The second-order valence-electron chi connectivity index (χ2n) is 6.69. The van der Waals surface area contributed by atoms with Crippen LogP contribution in [0.4, 0.5) is 11.4 Å². The molecule has 0 bridgehead atoms. The first-order valence-corrected chi connectivity index (χ1v) is 9.53. The van der Waals surface area contributed by atoms with Crippen molar-refractivity contribution in [3.8, 4) is 0 Å². The summed E-state index contributed by atoms with van der Waals surface area (Å²) in [5, 5.41) is 5.98. The average molecular weight is 375 g/mol. The molecule has 0 radical (unpaired) electrons. The highest BCUT2D eigenvalue weighted by Crippen LogP contribution is 2.21. The van der Waals surface area contributed by atoms with Crippen LogP contribution < -0.4 is 10.6 Å². The number of benzene rings is 1. The smallest absolute Gasteiger partial charge is 0.309 e. The molecule has 0 aromatic heterocycles. The first-order chi connectivity index (χ1) is 12.9. The summed E-state index contributed by atoms with van der Waals surface area (Å²) in [5.74, 6) is -0.319. The Kier molecular flexibility index (Phi) is 7.64. The average Bonchev–Trinajstić information content (AvgIpc) is 2.68. The number of likely N-dealkylation sites (tertiary alicyclic amines) is 1. The Morgan fingerprint density at radius 2 is 1.89 bits per heavy atom. The van der Waals surface area contributed by atoms with Crippen LogP contribution in [0, 0.1) is 12.8 Å². The predicted octanol–water partition coefficient (Wildman–Crippen LogP) is 2.56. The van der Waals surface area contributed by atoms with E-state index in [4.69, 9.17) is 4.74 Å². The number of amides is 2. The molecule has 1 saturated heterocycles. The molecule has 1 aliphatic rings. The van der Waals surface area contributed by atoms with E-state index in [-0.39, 0.29) is 30.2 Å². The Bertz CT molecular complexity index is 682. The predicted molar refractivity (Wildman–Crippen MR) is 105 cm³/mol. The van der Waals surface area contributed by atoms with E-state index in [0.717, 1.165) is 16.9 Å². The molecule has 0 unspecified atom stereocenters. The third-order valence-corrected chi connectivity index (χ3v) is 4.74. The molecule has 0 spiro atoms. The lowest BCUT2D eigenvalue weighted by atomic mass is 9.97. The van der Waals surface area contributed by atoms with Gasteiger partial charge in [-0.1, -0.05) is 13.0 Å². The second-order valence-corrected chi connectivity index (χ2v) is 6.69. The van der Waals surface area contributed by atoms with Crippen molar-refractivity contribution in [3.05, 3.63) is 23.8 Å². The molecular formula is C20H29N3O4. The van der Waals surface area contributed by atoms with Crippen LogP contribution in [0.2, 0.25) is 0 Å². The summed E-state index contributed by atoms with van der Waals surface area (Å²) in [6, 6.07) is 5.63. The number of ether oxygens (including phenoxy) is 1. The SMILES string of the molecule is CCOC(=O)C1CCN(C(=O)CNc2ccc(C)c(NC(=O)CC)c2)CC1. The summed E-state index contributed by atoms with van der Waals surface area (Å²) < 4.78 is 5.05. The van der Waals surface area contributed by atoms with E-state index in [2.05, 4.69) is 10.6 Å². The third-order valence-electron chi connectivity index (χ3n) is 4.74. The highest BCUT2D eigenvalue weighted by molar-refractivity contribution is 5.92. The molecule has 27 heavy (non-hydrogen) atoms. The molecule has 7 heteroatoms. The van der Waals surface area contributed by atoms with Gasteiger partial charge in [0.1, 0.15) is 0 Å². The molecule has 1 heterocycles. The van der Waals surface area contributed by atoms with Crippen molar-refractivity contribution in [2.75, 3.05) is 36.9 Å². The van der Waals surface area contributed by atoms with E-state index in [1.807, 2.05) is 25.1 Å². The number of nitrogens with one attached hydrogen (secondary N) is 2. The van der Waals surface area contributed by atoms with Crippen LogP contribution in [-0.2, 0) is 19.1 Å². The maximum absolute atomic E-state index is 12.4. The number of esters is 1. The maximum Gasteiger partial charge on any atom is 0.309 e. The molecule has 1 fully saturated rings. The number of carbonyl (C=O) groups is 3. The van der Waals surface area contributed by atoms with E-state index >= 15 is 0 Å². The van der Waals surface area contributed by atoms with Crippen molar-refractivity contribution < 1.29 is 19.1 Å². The number of aryl methyl sites for hydroxylation is 1. The molecule has 7 nitrogen and oxygen atoms in total. The molecule has 1 aliphatic heterocycles. The fourth-order valence-electron chi connectivity index (χ4n) is 3.02. The lowest BCUT2D eigenvalue weighted by Gasteiger charge is -2.31. The van der Waals surface area contributed by atoms with E-state index in [1.54, 1.807) is 18.7 Å². The third kappa shape index (κ3) is 5.98. The van der Waals surface area contributed by atoms with Gasteiger partial charge in [-0.15, -0.1) is 0 Å². The largest absolute Gasteiger partial charge is 0.466 e. The quantitative estimate of drug-likeness (QED) is 0.715. The van der Waals surface area contributed by atoms with Gasteiger partial charge in [-0.2, -0.15) is 0 Å². The minimum absolute atomic E-state index is 0.00275. The van der Waals surface area contributed by atoms with Gasteiger partial charge in [-0.3, -0.25) is 14.4 Å². The first kappa shape index (κ1) is 20.7. The molecule has 0 aliphatic carbocycles. The molecule has 2 rings (SSSR count). The Labute approximate surface area is 160 Å². The van der Waals surface area contributed by atoms with E-state index in [9.17, 15) is 14.4 Å². The van der Waals surface area contributed by atoms with Gasteiger partial charge in [0.05, 0.1) is 19.1 Å². The van der Waals surface area contributed by atoms with Gasteiger partial charge in [0.15, 0.2) is 0 Å². The Balaban J connectivity index is 1.85. The van der Waals surface area contributed by atoms with Crippen molar-refractivity contribution in [3.63, 3.8) is 0 Å². The van der Waals surface area contributed by atoms with Crippen LogP contribution in [-0.4, -0.2) is 48.9 Å². The number of rotatable bonds is 7. The van der Waals surface area contributed by atoms with Crippen LogP contribution in [0.15, 0.2) is 18.2 Å². The highest BCUT2D eigenvalue weighted by Gasteiger charge is 2.27. The van der Waals surface area contributed by atoms with Gasteiger partial charge >= 0.3 is 5.97 Å². The maximum atomic E-state index is 12.4. The number of hydrogen-bond acceptors (Lipinski definition) is 5. The summed E-state index contributed by atoms with van der Waals surface area (Å²) in [6.45, 7) is 7.22. The van der Waals surface area contributed by atoms with E-state index < -0.39 is 0 Å². The van der Waals surface area contributed by atoms with Gasteiger partial charge in [0, 0.05) is 30.9 Å². The van der Waals surface area contributed by atoms with Gasteiger partial charge in [0.2, 0.25) is 11.8 Å².